The van der Waals surface area contributed by atoms with Gasteiger partial charge in [-0.3, -0.25) is 4.79 Å². The molecule has 2 heterocycles. The molecular formula is C26H19Cl2N3O2. The van der Waals surface area contributed by atoms with Crippen molar-refractivity contribution < 1.29 is 9.53 Å². The molecule has 1 aliphatic heterocycles. The van der Waals surface area contributed by atoms with Crippen LogP contribution in [0.15, 0.2) is 84.0 Å². The van der Waals surface area contributed by atoms with Crippen molar-refractivity contribution in [1.29, 1.82) is 0 Å². The summed E-state index contributed by atoms with van der Waals surface area (Å²) in [6, 6.07) is 24.8. The van der Waals surface area contributed by atoms with Crippen LogP contribution >= 0.6 is 23.2 Å². The van der Waals surface area contributed by atoms with Crippen LogP contribution in [0.4, 0.5) is 0 Å². The predicted molar refractivity (Wildman–Crippen MR) is 131 cm³/mol. The number of hydrogen-bond donors (Lipinski definition) is 0. The van der Waals surface area contributed by atoms with Gasteiger partial charge in [-0.15, -0.1) is 5.10 Å². The van der Waals surface area contributed by atoms with E-state index in [0.29, 0.717) is 21.5 Å². The number of carbonyl (C=O) groups excluding carboxylic acids is 1. The zero-order valence-electron chi connectivity index (χ0n) is 17.9. The summed E-state index contributed by atoms with van der Waals surface area (Å²) < 4.78 is 6.41. The van der Waals surface area contributed by atoms with Gasteiger partial charge < -0.3 is 4.74 Å². The van der Waals surface area contributed by atoms with E-state index in [2.05, 4.69) is 5.10 Å². The number of amides is 1. The number of carbonyl (C=O) groups is 1. The highest BCUT2D eigenvalue weighted by Crippen LogP contribution is 2.40. The first-order chi connectivity index (χ1) is 15.9. The monoisotopic (exact) mass is 475 g/mol. The summed E-state index contributed by atoms with van der Waals surface area (Å²) in [5.74, 6) is 0.0646. The predicted octanol–water partition coefficient (Wildman–Crippen LogP) is 6.62. The van der Waals surface area contributed by atoms with Crippen LogP contribution in [-0.4, -0.2) is 21.8 Å². The van der Waals surface area contributed by atoms with Crippen molar-refractivity contribution >= 4 is 45.9 Å². The van der Waals surface area contributed by atoms with Gasteiger partial charge in [0, 0.05) is 35.9 Å². The second-order valence-electron chi connectivity index (χ2n) is 7.89. The number of para-hydroxylation sites is 1. The molecule has 1 aromatic heterocycles. The molecule has 4 aromatic rings. The van der Waals surface area contributed by atoms with Crippen molar-refractivity contribution in [3.05, 3.63) is 100 Å². The number of aromatic nitrogens is 1. The van der Waals surface area contributed by atoms with Crippen molar-refractivity contribution in [1.82, 2.24) is 9.99 Å². The van der Waals surface area contributed by atoms with Crippen LogP contribution in [0.2, 0.25) is 10.0 Å². The van der Waals surface area contributed by atoms with E-state index in [9.17, 15) is 4.79 Å². The molecule has 1 amide bonds. The first kappa shape index (κ1) is 21.4. The maximum absolute atomic E-state index is 12.6. The van der Waals surface area contributed by atoms with E-state index in [1.807, 2.05) is 60.7 Å². The highest BCUT2D eigenvalue weighted by Gasteiger charge is 2.45. The maximum atomic E-state index is 12.6. The third-order valence-electron chi connectivity index (χ3n) is 5.66. The number of benzene rings is 3. The van der Waals surface area contributed by atoms with E-state index in [0.717, 1.165) is 27.7 Å². The molecule has 33 heavy (non-hydrogen) atoms. The Bertz CT molecular complexity index is 1420. The molecule has 0 fully saturated rings. The maximum Gasteiger partial charge on any atom is 0.243 e. The van der Waals surface area contributed by atoms with Gasteiger partial charge in [-0.2, -0.15) is 5.01 Å². The number of fused-ring (bicyclic) bond motifs is 1. The van der Waals surface area contributed by atoms with Gasteiger partial charge in [0.25, 0.3) is 0 Å². The van der Waals surface area contributed by atoms with Crippen molar-refractivity contribution in [3.8, 4) is 11.3 Å². The van der Waals surface area contributed by atoms with Gasteiger partial charge in [0.1, 0.15) is 0 Å². The molecule has 0 unspecified atom stereocenters. The second kappa shape index (κ2) is 8.18. The molecule has 0 bridgehead atoms. The molecule has 0 saturated carbocycles. The summed E-state index contributed by atoms with van der Waals surface area (Å²) in [7, 11) is 0. The van der Waals surface area contributed by atoms with Crippen LogP contribution in [-0.2, 0) is 15.3 Å². The fourth-order valence-electron chi connectivity index (χ4n) is 3.99. The number of hydrogen-bond acceptors (Lipinski definition) is 4. The van der Waals surface area contributed by atoms with E-state index >= 15 is 0 Å². The molecule has 0 radical (unpaired) electrons. The van der Waals surface area contributed by atoms with Gasteiger partial charge in [-0.1, -0.05) is 77.8 Å². The standard InChI is InChI=1S/C26H19Cl2N3O2/c1-16(32)31-26(2,18-12-13-21(27)22(28)14-18)33-25(30-31)20-15-24(17-8-4-3-5-9-17)29-23-11-7-6-10-19(20)23/h3-15H,1-2H3/t26-/m1/s1. The minimum Gasteiger partial charge on any atom is -0.443 e. The lowest BCUT2D eigenvalue weighted by Gasteiger charge is -2.31. The van der Waals surface area contributed by atoms with Crippen LogP contribution in [0.1, 0.15) is 25.0 Å². The Morgan fingerprint density at radius 3 is 2.39 bits per heavy atom. The Morgan fingerprint density at radius 2 is 1.67 bits per heavy atom. The lowest BCUT2D eigenvalue weighted by molar-refractivity contribution is -0.146. The molecule has 5 rings (SSSR count). The minimum absolute atomic E-state index is 0.264. The molecule has 3 aromatic carbocycles. The molecule has 0 saturated heterocycles. The molecule has 0 N–H and O–H groups in total. The Morgan fingerprint density at radius 1 is 0.939 bits per heavy atom. The molecule has 164 valence electrons. The summed E-state index contributed by atoms with van der Waals surface area (Å²) in [6.45, 7) is 3.23. The van der Waals surface area contributed by atoms with Crippen LogP contribution in [0.5, 0.6) is 0 Å². The average Bonchev–Trinajstić information content (AvgIpc) is 3.19. The first-order valence-corrected chi connectivity index (χ1v) is 11.1. The third-order valence-corrected chi connectivity index (χ3v) is 6.40. The fraction of sp³-hybridized carbons (Fsp3) is 0.115. The van der Waals surface area contributed by atoms with E-state index in [-0.39, 0.29) is 5.91 Å². The van der Waals surface area contributed by atoms with Crippen LogP contribution in [0.25, 0.3) is 22.2 Å². The molecule has 1 aliphatic rings. The van der Waals surface area contributed by atoms with Crippen LogP contribution in [0, 0.1) is 0 Å². The Labute approximate surface area is 201 Å². The third kappa shape index (κ3) is 3.73. The van der Waals surface area contributed by atoms with Crippen LogP contribution in [0.3, 0.4) is 0 Å². The number of hydrazone groups is 1. The van der Waals surface area contributed by atoms with E-state index < -0.39 is 5.72 Å². The van der Waals surface area contributed by atoms with Crippen molar-refractivity contribution in [3.63, 3.8) is 0 Å². The Hall–Kier alpha value is -3.41. The van der Waals surface area contributed by atoms with Crippen molar-refractivity contribution in [2.24, 2.45) is 5.10 Å². The normalized spacial score (nSPS) is 17.7. The SMILES string of the molecule is CC(=O)N1N=C(c2cc(-c3ccccc3)nc3ccccc23)O[C@]1(C)c1ccc(Cl)c(Cl)c1. The summed E-state index contributed by atoms with van der Waals surface area (Å²) in [4.78, 5) is 17.4. The second-order valence-corrected chi connectivity index (χ2v) is 8.70. The zero-order chi connectivity index (χ0) is 23.2. The van der Waals surface area contributed by atoms with Crippen molar-refractivity contribution in [2.75, 3.05) is 0 Å². The van der Waals surface area contributed by atoms with Gasteiger partial charge in [-0.25, -0.2) is 4.98 Å². The van der Waals surface area contributed by atoms with E-state index in [4.69, 9.17) is 32.9 Å². The van der Waals surface area contributed by atoms with E-state index in [1.165, 1.54) is 11.9 Å². The number of nitrogens with zero attached hydrogens (tertiary/aromatic N) is 3. The molecular weight excluding hydrogens is 457 g/mol. The fourth-order valence-corrected chi connectivity index (χ4v) is 4.29. The highest BCUT2D eigenvalue weighted by molar-refractivity contribution is 6.42. The van der Waals surface area contributed by atoms with Gasteiger partial charge in [-0.05, 0) is 24.3 Å². The first-order valence-electron chi connectivity index (χ1n) is 10.4. The number of ether oxygens (including phenoxy) is 1. The lowest BCUT2D eigenvalue weighted by atomic mass is 10.0. The minimum atomic E-state index is -1.19. The van der Waals surface area contributed by atoms with Gasteiger partial charge >= 0.3 is 0 Å². The molecule has 0 aliphatic carbocycles. The summed E-state index contributed by atoms with van der Waals surface area (Å²) >= 11 is 12.4. The zero-order valence-corrected chi connectivity index (χ0v) is 19.4. The summed E-state index contributed by atoms with van der Waals surface area (Å²) in [6.07, 6.45) is 0. The molecule has 0 spiro atoms. The van der Waals surface area contributed by atoms with Crippen LogP contribution < -0.4 is 0 Å². The molecule has 1 atom stereocenters. The summed E-state index contributed by atoms with van der Waals surface area (Å²) in [5.41, 5.74) is 2.78. The quantitative estimate of drug-likeness (QED) is 0.334. The number of rotatable bonds is 3. The van der Waals surface area contributed by atoms with Crippen molar-refractivity contribution in [2.45, 2.75) is 19.6 Å². The number of pyridine rings is 1. The van der Waals surface area contributed by atoms with E-state index in [1.54, 1.807) is 25.1 Å². The summed E-state index contributed by atoms with van der Waals surface area (Å²) in [5, 5.41) is 7.60. The van der Waals surface area contributed by atoms with Gasteiger partial charge in [0.15, 0.2) is 0 Å². The highest BCUT2D eigenvalue weighted by atomic mass is 35.5. The Kier molecular flexibility index (Phi) is 5.31. The average molecular weight is 476 g/mol. The molecule has 7 heteroatoms. The number of halogens is 2. The lowest BCUT2D eigenvalue weighted by Crippen LogP contribution is -2.41. The Balaban J connectivity index is 1.67. The van der Waals surface area contributed by atoms with Gasteiger partial charge in [0.05, 0.1) is 21.3 Å². The smallest absolute Gasteiger partial charge is 0.243 e. The molecule has 5 nitrogen and oxygen atoms in total. The topological polar surface area (TPSA) is 54.8 Å². The van der Waals surface area contributed by atoms with Gasteiger partial charge in [0.2, 0.25) is 17.5 Å². The largest absolute Gasteiger partial charge is 0.443 e.